The molecule has 2 amide bonds. The second-order valence-corrected chi connectivity index (χ2v) is 6.85. The zero-order valence-electron chi connectivity index (χ0n) is 13.4. The summed E-state index contributed by atoms with van der Waals surface area (Å²) >= 11 is 0. The van der Waals surface area contributed by atoms with Gasteiger partial charge in [0.15, 0.2) is 0 Å². The van der Waals surface area contributed by atoms with E-state index in [1.54, 1.807) is 7.05 Å². The molecule has 0 aliphatic carbocycles. The van der Waals surface area contributed by atoms with Crippen molar-refractivity contribution in [3.05, 3.63) is 42.0 Å². The van der Waals surface area contributed by atoms with Gasteiger partial charge in [-0.2, -0.15) is 0 Å². The summed E-state index contributed by atoms with van der Waals surface area (Å²) in [6, 6.07) is 10.4. The first-order valence-corrected chi connectivity index (χ1v) is 8.49. The fourth-order valence-corrected chi connectivity index (χ4v) is 4.57. The van der Waals surface area contributed by atoms with E-state index >= 15 is 0 Å². The van der Waals surface area contributed by atoms with Gasteiger partial charge in [-0.05, 0) is 24.9 Å². The molecular formula is C19H22N2O2. The molecule has 4 rings (SSSR count). The molecule has 120 valence electrons. The summed E-state index contributed by atoms with van der Waals surface area (Å²) in [5.41, 5.74) is 1.13. The second kappa shape index (κ2) is 5.60. The summed E-state index contributed by atoms with van der Waals surface area (Å²) in [6.45, 7) is 0.992. The van der Waals surface area contributed by atoms with Crippen LogP contribution in [-0.4, -0.2) is 47.3 Å². The molecular weight excluding hydrogens is 288 g/mol. The lowest BCUT2D eigenvalue weighted by Crippen LogP contribution is -2.45. The molecule has 0 spiro atoms. The van der Waals surface area contributed by atoms with Crippen LogP contribution in [0.5, 0.6) is 0 Å². The number of imide groups is 1. The highest BCUT2D eigenvalue weighted by Gasteiger charge is 2.60. The van der Waals surface area contributed by atoms with E-state index in [9.17, 15) is 9.59 Å². The lowest BCUT2D eigenvalue weighted by molar-refractivity contribution is -0.139. The van der Waals surface area contributed by atoms with Crippen LogP contribution in [0.4, 0.5) is 0 Å². The lowest BCUT2D eigenvalue weighted by atomic mass is 9.87. The predicted molar refractivity (Wildman–Crippen MR) is 88.4 cm³/mol. The van der Waals surface area contributed by atoms with Gasteiger partial charge in [-0.15, -0.1) is 0 Å². The number of benzene rings is 1. The molecule has 0 unspecified atom stereocenters. The Balaban J connectivity index is 1.68. The molecule has 3 saturated heterocycles. The van der Waals surface area contributed by atoms with Crippen LogP contribution in [0.2, 0.25) is 0 Å². The highest BCUT2D eigenvalue weighted by Crippen LogP contribution is 2.45. The number of likely N-dealkylation sites (tertiary alicyclic amines) is 1. The molecule has 0 N–H and O–H groups in total. The van der Waals surface area contributed by atoms with Gasteiger partial charge in [-0.1, -0.05) is 48.9 Å². The van der Waals surface area contributed by atoms with Crippen LogP contribution < -0.4 is 0 Å². The first-order valence-electron chi connectivity index (χ1n) is 8.49. The zero-order valence-corrected chi connectivity index (χ0v) is 13.4. The molecule has 0 bridgehead atoms. The first kappa shape index (κ1) is 14.6. The number of hydrogen-bond acceptors (Lipinski definition) is 3. The number of carbonyl (C=O) groups excluding carboxylic acids is 2. The van der Waals surface area contributed by atoms with Crippen molar-refractivity contribution in [2.45, 2.75) is 31.3 Å². The Labute approximate surface area is 136 Å². The van der Waals surface area contributed by atoms with E-state index in [2.05, 4.69) is 29.2 Å². The average Bonchev–Trinajstić information content (AvgIpc) is 3.03. The number of hydrogen-bond donors (Lipinski definition) is 0. The van der Waals surface area contributed by atoms with Crippen LogP contribution in [0.15, 0.2) is 36.4 Å². The third kappa shape index (κ3) is 2.24. The lowest BCUT2D eigenvalue weighted by Gasteiger charge is -2.35. The third-order valence-corrected chi connectivity index (χ3v) is 5.66. The van der Waals surface area contributed by atoms with Gasteiger partial charge in [0.2, 0.25) is 11.8 Å². The summed E-state index contributed by atoms with van der Waals surface area (Å²) < 4.78 is 0. The summed E-state index contributed by atoms with van der Waals surface area (Å²) in [5.74, 6) is -0.321. The topological polar surface area (TPSA) is 40.6 Å². The van der Waals surface area contributed by atoms with Crippen LogP contribution in [-0.2, 0) is 9.59 Å². The quantitative estimate of drug-likeness (QED) is 0.786. The second-order valence-electron chi connectivity index (χ2n) is 6.85. The van der Waals surface area contributed by atoms with Crippen molar-refractivity contribution >= 4 is 17.9 Å². The molecule has 1 aromatic rings. The molecule has 23 heavy (non-hydrogen) atoms. The Morgan fingerprint density at radius 3 is 2.57 bits per heavy atom. The molecule has 0 radical (unpaired) electrons. The molecule has 0 saturated carbocycles. The van der Waals surface area contributed by atoms with Crippen molar-refractivity contribution in [1.82, 2.24) is 9.80 Å². The van der Waals surface area contributed by atoms with Crippen LogP contribution in [0.1, 0.15) is 24.8 Å². The Hall–Kier alpha value is -1.94. The van der Waals surface area contributed by atoms with Crippen LogP contribution in [0.3, 0.4) is 0 Å². The maximum absolute atomic E-state index is 12.6. The summed E-state index contributed by atoms with van der Waals surface area (Å²) in [6.07, 6.45) is 7.58. The molecule has 3 fully saturated rings. The van der Waals surface area contributed by atoms with E-state index in [0.717, 1.165) is 31.4 Å². The number of carbonyl (C=O) groups is 2. The summed E-state index contributed by atoms with van der Waals surface area (Å²) in [7, 11) is 1.63. The van der Waals surface area contributed by atoms with E-state index in [-0.39, 0.29) is 35.7 Å². The van der Waals surface area contributed by atoms with Gasteiger partial charge < -0.3 is 0 Å². The van der Waals surface area contributed by atoms with Gasteiger partial charge in [0.05, 0.1) is 11.8 Å². The molecule has 0 aromatic heterocycles. The highest BCUT2D eigenvalue weighted by atomic mass is 16.2. The van der Waals surface area contributed by atoms with E-state index in [1.165, 1.54) is 4.90 Å². The minimum absolute atomic E-state index is 0.00267. The Morgan fingerprint density at radius 2 is 1.78 bits per heavy atom. The largest absolute Gasteiger partial charge is 0.292 e. The maximum atomic E-state index is 12.6. The smallest absolute Gasteiger partial charge is 0.234 e. The molecule has 3 heterocycles. The van der Waals surface area contributed by atoms with Crippen molar-refractivity contribution in [2.75, 3.05) is 13.6 Å². The number of fused-ring (bicyclic) bond motifs is 3. The van der Waals surface area contributed by atoms with E-state index in [0.29, 0.717) is 0 Å². The number of nitrogens with zero attached hydrogens (tertiary/aromatic N) is 2. The monoisotopic (exact) mass is 310 g/mol. The third-order valence-electron chi connectivity index (χ3n) is 5.66. The summed E-state index contributed by atoms with van der Waals surface area (Å²) in [5, 5.41) is 0. The van der Waals surface area contributed by atoms with Crippen LogP contribution in [0.25, 0.3) is 6.08 Å². The molecule has 4 nitrogen and oxygen atoms in total. The number of rotatable bonds is 2. The number of piperidine rings is 1. The molecule has 4 heteroatoms. The SMILES string of the molecule is CN1C(=O)[C@@H]2[C@H](C1=O)[C@@H](/C=C/c1ccccc1)N1CCCC[C@H]21. The van der Waals surface area contributed by atoms with Crippen molar-refractivity contribution < 1.29 is 9.59 Å². The van der Waals surface area contributed by atoms with Crippen molar-refractivity contribution in [3.8, 4) is 0 Å². The van der Waals surface area contributed by atoms with Gasteiger partial charge in [-0.3, -0.25) is 19.4 Å². The minimum atomic E-state index is -0.199. The Kier molecular flexibility index (Phi) is 3.57. The average molecular weight is 310 g/mol. The van der Waals surface area contributed by atoms with Gasteiger partial charge in [-0.25, -0.2) is 0 Å². The zero-order chi connectivity index (χ0) is 16.0. The number of amides is 2. The predicted octanol–water partition coefficient (Wildman–Crippen LogP) is 2.17. The minimum Gasteiger partial charge on any atom is -0.292 e. The van der Waals surface area contributed by atoms with Gasteiger partial charge in [0.25, 0.3) is 0 Å². The van der Waals surface area contributed by atoms with Crippen LogP contribution in [0, 0.1) is 11.8 Å². The van der Waals surface area contributed by atoms with Gasteiger partial charge in [0, 0.05) is 19.1 Å². The summed E-state index contributed by atoms with van der Waals surface area (Å²) in [4.78, 5) is 28.9. The molecule has 4 atom stereocenters. The van der Waals surface area contributed by atoms with Crippen molar-refractivity contribution in [1.29, 1.82) is 0 Å². The van der Waals surface area contributed by atoms with Crippen molar-refractivity contribution in [2.24, 2.45) is 11.8 Å². The fourth-order valence-electron chi connectivity index (χ4n) is 4.57. The first-order chi connectivity index (χ1) is 11.2. The van der Waals surface area contributed by atoms with Gasteiger partial charge in [0.1, 0.15) is 0 Å². The van der Waals surface area contributed by atoms with E-state index in [4.69, 9.17) is 0 Å². The van der Waals surface area contributed by atoms with E-state index in [1.807, 2.05) is 18.2 Å². The fraction of sp³-hybridized carbons (Fsp3) is 0.474. The molecule has 3 aliphatic rings. The van der Waals surface area contributed by atoms with Gasteiger partial charge >= 0.3 is 0 Å². The molecule has 1 aromatic carbocycles. The highest BCUT2D eigenvalue weighted by molar-refractivity contribution is 6.06. The van der Waals surface area contributed by atoms with Crippen molar-refractivity contribution in [3.63, 3.8) is 0 Å². The standard InChI is InChI=1S/C19H22N2O2/c1-20-18(22)16-14-9-5-6-12-21(14)15(17(16)19(20)23)11-10-13-7-3-2-4-8-13/h2-4,7-8,10-11,14-17H,5-6,9,12H2,1H3/b11-10+/t14-,15-,16+,17-/m1/s1. The normalized spacial score (nSPS) is 34.2. The Morgan fingerprint density at radius 1 is 1.04 bits per heavy atom. The molecule has 3 aliphatic heterocycles. The maximum Gasteiger partial charge on any atom is 0.234 e. The van der Waals surface area contributed by atoms with Crippen LogP contribution >= 0.6 is 0 Å². The Bertz CT molecular complexity index is 655. The van der Waals surface area contributed by atoms with E-state index < -0.39 is 0 Å².